The minimum Gasteiger partial charge on any atom is -0.456 e. The SMILES string of the molecule is c1ccc(C2(c3ccccc3)c3ccccc3-c3ccc(N(c4ccc5c(c4)C4(c6ccccc6-c6ccccc64)c4ccccc4-5)c4cccc5oc6ccccc6c45)cc32)cc1.c1ccc(C2(c3ccccc3)c3ccccc3-c3ccc(Nc4cccc5oc6ccccc6c45)cc32)cc1. The van der Waals surface area contributed by atoms with Crippen molar-refractivity contribution >= 4 is 72.3 Å². The zero-order chi connectivity index (χ0) is 67.8. The Balaban J connectivity index is 0.000000151. The van der Waals surface area contributed by atoms with Crippen LogP contribution in [0.15, 0.2) is 391 Å². The number of nitrogens with one attached hydrogen (secondary N) is 1. The molecule has 1 spiro atoms. The molecule has 1 N–H and O–H groups in total. The standard InChI is InChI=1S/C62H39NO.C37H25NO/c1-3-18-40(19-4-1)61(41-20-5-2-6-21-41)51-27-12-7-24-46(51)48-36-34-42(38-55(48)61)63(57-31-17-33-59-60(57)50-26-11-16-32-58(50)64-59)43-35-37-49-47-25-10-15-30-54(47)62(56(49)39-43)52-28-13-8-22-44(52)45-23-9-14-29-53(45)62;1-3-12-25(13-4-1)37(26-14-5-2-6-15-26)31-18-9-7-16-28(31)29-23-22-27(24-32(29)37)38-33-19-11-21-35-36(33)30-17-8-10-20-34(30)39-35/h1-39H;1-24,38H. The molecule has 16 aromatic carbocycles. The highest BCUT2D eigenvalue weighted by Gasteiger charge is 2.53. The topological polar surface area (TPSA) is 41.6 Å². The second kappa shape index (κ2) is 22.9. The van der Waals surface area contributed by atoms with Gasteiger partial charge in [0, 0.05) is 27.8 Å². The lowest BCUT2D eigenvalue weighted by atomic mass is 9.67. The fourth-order valence-electron chi connectivity index (χ4n) is 18.7. The van der Waals surface area contributed by atoms with E-state index in [1.54, 1.807) is 0 Å². The fraction of sp³-hybridized carbons (Fsp3) is 0.0303. The van der Waals surface area contributed by atoms with Crippen molar-refractivity contribution in [3.05, 3.63) is 449 Å². The molecule has 4 aliphatic carbocycles. The maximum atomic E-state index is 6.62. The first-order valence-electron chi connectivity index (χ1n) is 35.6. The Hall–Kier alpha value is -13.3. The third kappa shape index (κ3) is 8.35. The maximum absolute atomic E-state index is 6.62. The number of anilines is 5. The van der Waals surface area contributed by atoms with Gasteiger partial charge < -0.3 is 19.1 Å². The van der Waals surface area contributed by atoms with Gasteiger partial charge in [-0.3, -0.25) is 0 Å². The van der Waals surface area contributed by atoms with Gasteiger partial charge in [-0.2, -0.15) is 0 Å². The summed E-state index contributed by atoms with van der Waals surface area (Å²) in [7, 11) is 0. The Morgan fingerprint density at radius 3 is 0.990 bits per heavy atom. The van der Waals surface area contributed by atoms with E-state index in [1.807, 2.05) is 18.2 Å². The minimum absolute atomic E-state index is 0.416. The normalized spacial score (nSPS) is 13.9. The lowest BCUT2D eigenvalue weighted by Crippen LogP contribution is -2.28. The summed E-state index contributed by atoms with van der Waals surface area (Å²) in [6.07, 6.45) is 0. The monoisotopic (exact) mass is 1310 g/mol. The highest BCUT2D eigenvalue weighted by atomic mass is 16.3. The number of rotatable bonds is 9. The highest BCUT2D eigenvalue weighted by molar-refractivity contribution is 6.14. The van der Waals surface area contributed by atoms with E-state index in [0.717, 1.165) is 72.3 Å². The molecule has 0 saturated carbocycles. The molecule has 0 radical (unpaired) electrons. The summed E-state index contributed by atoms with van der Waals surface area (Å²) in [5.41, 5.74) is 33.1. The average molecular weight is 1310 g/mol. The fourth-order valence-corrected chi connectivity index (χ4v) is 18.7. The van der Waals surface area contributed by atoms with Crippen molar-refractivity contribution in [2.75, 3.05) is 10.2 Å². The van der Waals surface area contributed by atoms with Crippen molar-refractivity contribution < 1.29 is 8.83 Å². The summed E-state index contributed by atoms with van der Waals surface area (Å²) < 4.78 is 12.8. The molecular formula is C99H64N2O2. The third-order valence-corrected chi connectivity index (χ3v) is 22.7. The van der Waals surface area contributed by atoms with Gasteiger partial charge in [0.2, 0.25) is 0 Å². The Kier molecular flexibility index (Phi) is 13.0. The van der Waals surface area contributed by atoms with E-state index in [4.69, 9.17) is 8.83 Å². The predicted octanol–water partition coefficient (Wildman–Crippen LogP) is 25.5. The molecule has 4 heteroatoms. The first-order chi connectivity index (χ1) is 51.1. The summed E-state index contributed by atoms with van der Waals surface area (Å²) in [6, 6.07) is 140. The van der Waals surface area contributed by atoms with Crippen LogP contribution in [0.5, 0.6) is 0 Å². The minimum atomic E-state index is -0.550. The van der Waals surface area contributed by atoms with Crippen LogP contribution in [0.25, 0.3) is 88.4 Å². The molecule has 0 aliphatic heterocycles. The largest absolute Gasteiger partial charge is 0.456 e. The average Bonchev–Trinajstić information content (AvgIpc) is 1.51. The quantitative estimate of drug-likeness (QED) is 0.156. The van der Waals surface area contributed by atoms with E-state index in [0.29, 0.717) is 0 Å². The molecule has 0 unspecified atom stereocenters. The smallest absolute Gasteiger partial charge is 0.137 e. The van der Waals surface area contributed by atoms with Gasteiger partial charge in [-0.25, -0.2) is 0 Å². The van der Waals surface area contributed by atoms with E-state index < -0.39 is 16.2 Å². The number of hydrogen-bond acceptors (Lipinski definition) is 4. The second-order valence-corrected chi connectivity index (χ2v) is 27.6. The van der Waals surface area contributed by atoms with Gasteiger partial charge in [0.1, 0.15) is 22.3 Å². The molecule has 0 atom stereocenters. The molecule has 0 bridgehead atoms. The van der Waals surface area contributed by atoms with Crippen LogP contribution >= 0.6 is 0 Å². The molecule has 103 heavy (non-hydrogen) atoms. The number of para-hydroxylation sites is 2. The highest BCUT2D eigenvalue weighted by Crippen LogP contribution is 2.65. The van der Waals surface area contributed by atoms with E-state index in [2.05, 4.69) is 374 Å². The number of benzene rings is 16. The molecule has 4 nitrogen and oxygen atoms in total. The lowest BCUT2D eigenvalue weighted by Gasteiger charge is -2.35. The van der Waals surface area contributed by atoms with Crippen LogP contribution in [0, 0.1) is 0 Å². The Labute approximate surface area is 597 Å². The lowest BCUT2D eigenvalue weighted by molar-refractivity contribution is 0.668. The first kappa shape index (κ1) is 58.7. The second-order valence-electron chi connectivity index (χ2n) is 27.6. The van der Waals surface area contributed by atoms with Gasteiger partial charge in [0.15, 0.2) is 0 Å². The number of hydrogen-bond donors (Lipinski definition) is 1. The number of fused-ring (bicyclic) bond motifs is 22. The van der Waals surface area contributed by atoms with Crippen LogP contribution in [0.1, 0.15) is 66.8 Å². The molecule has 0 amide bonds. The molecule has 4 aliphatic rings. The third-order valence-electron chi connectivity index (χ3n) is 22.7. The zero-order valence-corrected chi connectivity index (χ0v) is 56.1. The molecule has 18 aromatic rings. The summed E-state index contributed by atoms with van der Waals surface area (Å²) in [6.45, 7) is 0. The van der Waals surface area contributed by atoms with Gasteiger partial charge in [0.25, 0.3) is 0 Å². The molecule has 0 fully saturated rings. The Bertz CT molecular complexity index is 6180. The van der Waals surface area contributed by atoms with Crippen molar-refractivity contribution in [1.29, 1.82) is 0 Å². The van der Waals surface area contributed by atoms with Crippen molar-refractivity contribution in [3.8, 4) is 44.5 Å². The van der Waals surface area contributed by atoms with Crippen LogP contribution in [-0.2, 0) is 16.2 Å². The molecule has 22 rings (SSSR count). The summed E-state index contributed by atoms with van der Waals surface area (Å²) in [5, 5.41) is 8.17. The zero-order valence-electron chi connectivity index (χ0n) is 56.1. The van der Waals surface area contributed by atoms with Crippen molar-refractivity contribution in [2.24, 2.45) is 0 Å². The number of nitrogens with zero attached hydrogens (tertiary/aromatic N) is 1. The van der Waals surface area contributed by atoms with Crippen LogP contribution in [0.3, 0.4) is 0 Å². The summed E-state index contributed by atoms with van der Waals surface area (Å²) in [4.78, 5) is 2.50. The van der Waals surface area contributed by atoms with Crippen molar-refractivity contribution in [2.45, 2.75) is 16.2 Å². The molecule has 2 aromatic heterocycles. The van der Waals surface area contributed by atoms with Crippen molar-refractivity contribution in [3.63, 3.8) is 0 Å². The van der Waals surface area contributed by atoms with Gasteiger partial charge in [-0.05, 0) is 184 Å². The molecule has 482 valence electrons. The van der Waals surface area contributed by atoms with Crippen LogP contribution in [0.2, 0.25) is 0 Å². The van der Waals surface area contributed by atoms with Crippen molar-refractivity contribution in [1.82, 2.24) is 0 Å². The summed E-state index contributed by atoms with van der Waals surface area (Å²) in [5.74, 6) is 0. The molecular weight excluding hydrogens is 1250 g/mol. The van der Waals surface area contributed by atoms with Gasteiger partial charge in [-0.1, -0.05) is 309 Å². The van der Waals surface area contributed by atoms with E-state index >= 15 is 0 Å². The molecule has 0 saturated heterocycles. The van der Waals surface area contributed by atoms with Gasteiger partial charge >= 0.3 is 0 Å². The molecule has 2 heterocycles. The Morgan fingerprint density at radius 1 is 0.223 bits per heavy atom. The van der Waals surface area contributed by atoms with E-state index in [9.17, 15) is 0 Å². The van der Waals surface area contributed by atoms with Crippen LogP contribution < -0.4 is 10.2 Å². The summed E-state index contributed by atoms with van der Waals surface area (Å²) >= 11 is 0. The first-order valence-corrected chi connectivity index (χ1v) is 35.6. The van der Waals surface area contributed by atoms with Gasteiger partial charge in [-0.15, -0.1) is 0 Å². The van der Waals surface area contributed by atoms with E-state index in [1.165, 1.54) is 111 Å². The maximum Gasteiger partial charge on any atom is 0.137 e. The predicted molar refractivity (Wildman–Crippen MR) is 423 cm³/mol. The number of furan rings is 2. The van der Waals surface area contributed by atoms with Crippen LogP contribution in [0.4, 0.5) is 28.4 Å². The Morgan fingerprint density at radius 2 is 0.544 bits per heavy atom. The van der Waals surface area contributed by atoms with Crippen LogP contribution in [-0.4, -0.2) is 0 Å². The van der Waals surface area contributed by atoms with Gasteiger partial charge in [0.05, 0.1) is 38.4 Å². The van der Waals surface area contributed by atoms with E-state index in [-0.39, 0.29) is 0 Å².